The van der Waals surface area contributed by atoms with Gasteiger partial charge in [0.05, 0.1) is 13.7 Å². The summed E-state index contributed by atoms with van der Waals surface area (Å²) in [5.74, 6) is -0.184. The van der Waals surface area contributed by atoms with Crippen LogP contribution in [0.3, 0.4) is 0 Å². The number of hydrogen-bond acceptors (Lipinski definition) is 3. The summed E-state index contributed by atoms with van der Waals surface area (Å²) in [6.45, 7) is -0.161. The lowest BCUT2D eigenvalue weighted by atomic mass is 10.2. The van der Waals surface area contributed by atoms with E-state index in [2.05, 4.69) is 5.32 Å². The monoisotopic (exact) mass is 234 g/mol. The fraction of sp³-hybridized carbons (Fsp3) is 0.167. The summed E-state index contributed by atoms with van der Waals surface area (Å²) in [6, 6.07) is 7.22. The molecule has 0 aliphatic carbocycles. The molecule has 1 aromatic carbocycles. The summed E-state index contributed by atoms with van der Waals surface area (Å²) in [5, 5.41) is 2.35. The highest BCUT2D eigenvalue weighted by molar-refractivity contribution is 5.94. The molecule has 1 rings (SSSR count). The van der Waals surface area contributed by atoms with Gasteiger partial charge in [0.1, 0.15) is 5.75 Å². The van der Waals surface area contributed by atoms with E-state index in [1.165, 1.54) is 6.08 Å². The average molecular weight is 234 g/mol. The molecule has 0 fully saturated rings. The second kappa shape index (κ2) is 6.32. The smallest absolute Gasteiger partial charge is 0.244 e. The van der Waals surface area contributed by atoms with Gasteiger partial charge >= 0.3 is 0 Å². The first kappa shape index (κ1) is 12.8. The average Bonchev–Trinajstić information content (AvgIpc) is 2.34. The van der Waals surface area contributed by atoms with Crippen molar-refractivity contribution >= 4 is 17.9 Å². The third-order valence-electron chi connectivity index (χ3n) is 1.98. The molecular weight excluding hydrogens is 220 g/mol. The maximum atomic E-state index is 11.2. The lowest BCUT2D eigenvalue weighted by molar-refractivity contribution is -0.122. The number of rotatable bonds is 5. The number of carbonyl (C=O) groups excluding carboxylic acids is 2. The van der Waals surface area contributed by atoms with Crippen molar-refractivity contribution in [3.05, 3.63) is 35.9 Å². The highest BCUT2D eigenvalue weighted by Gasteiger charge is 1.97. The number of methoxy groups -OCH3 is 1. The normalized spacial score (nSPS) is 10.2. The number of hydrogen-bond donors (Lipinski definition) is 2. The van der Waals surface area contributed by atoms with Gasteiger partial charge in [-0.15, -0.1) is 0 Å². The minimum absolute atomic E-state index is 0.161. The Labute approximate surface area is 99.3 Å². The molecule has 3 N–H and O–H groups in total. The molecule has 17 heavy (non-hydrogen) atoms. The van der Waals surface area contributed by atoms with Gasteiger partial charge in [-0.1, -0.05) is 12.1 Å². The number of nitrogens with two attached hydrogens (primary N) is 1. The first-order valence-electron chi connectivity index (χ1n) is 5.00. The van der Waals surface area contributed by atoms with Crippen LogP contribution in [0.25, 0.3) is 6.08 Å². The molecule has 0 unspecified atom stereocenters. The Balaban J connectivity index is 2.51. The number of amides is 2. The van der Waals surface area contributed by atoms with Crippen molar-refractivity contribution in [2.24, 2.45) is 5.73 Å². The first-order chi connectivity index (χ1) is 8.11. The molecule has 0 atom stereocenters. The number of primary amides is 1. The van der Waals surface area contributed by atoms with Gasteiger partial charge in [-0.2, -0.15) is 0 Å². The molecule has 0 saturated heterocycles. The van der Waals surface area contributed by atoms with E-state index < -0.39 is 5.91 Å². The Morgan fingerprint density at radius 1 is 1.35 bits per heavy atom. The van der Waals surface area contributed by atoms with Crippen molar-refractivity contribution in [2.45, 2.75) is 0 Å². The summed E-state index contributed by atoms with van der Waals surface area (Å²) in [6.07, 6.45) is 2.97. The summed E-state index contributed by atoms with van der Waals surface area (Å²) in [7, 11) is 1.59. The van der Waals surface area contributed by atoms with Gasteiger partial charge in [0, 0.05) is 6.08 Å². The van der Waals surface area contributed by atoms with E-state index in [1.807, 2.05) is 12.1 Å². The maximum Gasteiger partial charge on any atom is 0.244 e. The van der Waals surface area contributed by atoms with E-state index in [1.54, 1.807) is 25.3 Å². The van der Waals surface area contributed by atoms with Crippen LogP contribution < -0.4 is 15.8 Å². The number of carbonyl (C=O) groups is 2. The van der Waals surface area contributed by atoms with Crippen LogP contribution >= 0.6 is 0 Å². The van der Waals surface area contributed by atoms with Crippen molar-refractivity contribution in [1.82, 2.24) is 5.32 Å². The lowest BCUT2D eigenvalue weighted by Crippen LogP contribution is -2.32. The fourth-order valence-corrected chi connectivity index (χ4v) is 1.12. The summed E-state index contributed by atoms with van der Waals surface area (Å²) >= 11 is 0. The predicted octanol–water partition coefficient (Wildman–Crippen LogP) is 0.310. The zero-order chi connectivity index (χ0) is 12.7. The van der Waals surface area contributed by atoms with Gasteiger partial charge in [-0.25, -0.2) is 0 Å². The molecule has 0 heterocycles. The standard InChI is InChI=1S/C12H14N2O3/c1-17-10-5-2-9(3-6-10)4-7-12(16)14-8-11(13)15/h2-7H,8H2,1H3,(H2,13,15)(H,14,16)/b7-4+. The Morgan fingerprint density at radius 2 is 2.00 bits per heavy atom. The second-order valence-corrected chi connectivity index (χ2v) is 3.29. The van der Waals surface area contributed by atoms with Crippen LogP contribution in [0.5, 0.6) is 5.75 Å². The van der Waals surface area contributed by atoms with Crippen LogP contribution in [-0.4, -0.2) is 25.5 Å². The van der Waals surface area contributed by atoms with Crippen molar-refractivity contribution in [1.29, 1.82) is 0 Å². The maximum absolute atomic E-state index is 11.2. The van der Waals surface area contributed by atoms with Crippen molar-refractivity contribution in [3.63, 3.8) is 0 Å². The molecule has 2 amide bonds. The lowest BCUT2D eigenvalue weighted by Gasteiger charge is -1.99. The van der Waals surface area contributed by atoms with E-state index in [-0.39, 0.29) is 12.5 Å². The topological polar surface area (TPSA) is 81.4 Å². The predicted molar refractivity (Wildman–Crippen MR) is 64.2 cm³/mol. The van der Waals surface area contributed by atoms with Crippen LogP contribution in [0.15, 0.2) is 30.3 Å². The number of benzene rings is 1. The Kier molecular flexibility index (Phi) is 4.75. The molecule has 0 bridgehead atoms. The molecule has 5 nitrogen and oxygen atoms in total. The van der Waals surface area contributed by atoms with Crippen LogP contribution in [-0.2, 0) is 9.59 Å². The molecule has 0 aromatic heterocycles. The van der Waals surface area contributed by atoms with Gasteiger partial charge in [-0.3, -0.25) is 9.59 Å². The minimum Gasteiger partial charge on any atom is -0.497 e. The van der Waals surface area contributed by atoms with Crippen molar-refractivity contribution in [2.75, 3.05) is 13.7 Å². The fourth-order valence-electron chi connectivity index (χ4n) is 1.12. The van der Waals surface area contributed by atoms with E-state index in [0.29, 0.717) is 0 Å². The molecule has 1 aromatic rings. The van der Waals surface area contributed by atoms with Crippen LogP contribution in [0, 0.1) is 0 Å². The van der Waals surface area contributed by atoms with Gasteiger partial charge < -0.3 is 15.8 Å². The van der Waals surface area contributed by atoms with Crippen LogP contribution in [0.4, 0.5) is 0 Å². The summed E-state index contributed by atoms with van der Waals surface area (Å²) in [5.41, 5.74) is 5.75. The third-order valence-corrected chi connectivity index (χ3v) is 1.98. The highest BCUT2D eigenvalue weighted by Crippen LogP contribution is 2.11. The van der Waals surface area contributed by atoms with Crippen molar-refractivity contribution in [3.8, 4) is 5.75 Å². The summed E-state index contributed by atoms with van der Waals surface area (Å²) in [4.78, 5) is 21.6. The quantitative estimate of drug-likeness (QED) is 0.719. The summed E-state index contributed by atoms with van der Waals surface area (Å²) < 4.78 is 5.00. The third kappa shape index (κ3) is 4.83. The minimum atomic E-state index is -0.573. The van der Waals surface area contributed by atoms with Gasteiger partial charge in [0.15, 0.2) is 0 Å². The van der Waals surface area contributed by atoms with Gasteiger partial charge in [0.2, 0.25) is 11.8 Å². The molecule has 90 valence electrons. The number of nitrogens with one attached hydrogen (secondary N) is 1. The molecule has 0 saturated carbocycles. The zero-order valence-corrected chi connectivity index (χ0v) is 9.47. The first-order valence-corrected chi connectivity index (χ1v) is 5.00. The molecule has 0 radical (unpaired) electrons. The van der Waals surface area contributed by atoms with Crippen molar-refractivity contribution < 1.29 is 14.3 Å². The van der Waals surface area contributed by atoms with Crippen LogP contribution in [0.2, 0.25) is 0 Å². The molecule has 0 aliphatic rings. The SMILES string of the molecule is COc1ccc(/C=C/C(=O)NCC(N)=O)cc1. The van der Waals surface area contributed by atoms with Gasteiger partial charge in [-0.05, 0) is 23.8 Å². The Bertz CT molecular complexity index is 424. The molecular formula is C12H14N2O3. The van der Waals surface area contributed by atoms with Crippen LogP contribution in [0.1, 0.15) is 5.56 Å². The molecule has 0 spiro atoms. The van der Waals surface area contributed by atoms with E-state index in [0.717, 1.165) is 11.3 Å². The number of ether oxygens (including phenoxy) is 1. The Hall–Kier alpha value is -2.30. The van der Waals surface area contributed by atoms with E-state index >= 15 is 0 Å². The van der Waals surface area contributed by atoms with E-state index in [4.69, 9.17) is 10.5 Å². The Morgan fingerprint density at radius 3 is 2.53 bits per heavy atom. The largest absolute Gasteiger partial charge is 0.497 e. The van der Waals surface area contributed by atoms with E-state index in [9.17, 15) is 9.59 Å². The molecule has 0 aliphatic heterocycles. The zero-order valence-electron chi connectivity index (χ0n) is 9.47. The molecule has 5 heteroatoms. The highest BCUT2D eigenvalue weighted by atomic mass is 16.5. The van der Waals surface area contributed by atoms with Gasteiger partial charge in [0.25, 0.3) is 0 Å². The second-order valence-electron chi connectivity index (χ2n) is 3.29.